The summed E-state index contributed by atoms with van der Waals surface area (Å²) in [5, 5.41) is 11.6. The molecule has 0 spiro atoms. The molecule has 2 aliphatic rings. The number of aromatic nitrogens is 6. The average Bonchev–Trinajstić information content (AvgIpc) is 3.58. The normalized spacial score (nSPS) is 16.1. The van der Waals surface area contributed by atoms with Crippen LogP contribution in [0.2, 0.25) is 0 Å². The van der Waals surface area contributed by atoms with Crippen LogP contribution in [0.3, 0.4) is 0 Å². The number of halogens is 1. The summed E-state index contributed by atoms with van der Waals surface area (Å²) in [5.74, 6) is 1.28. The number of nitrogens with one attached hydrogen (secondary N) is 3. The third-order valence-corrected chi connectivity index (χ3v) is 7.51. The lowest BCUT2D eigenvalue weighted by molar-refractivity contribution is 0.184. The molecule has 0 aliphatic carbocycles. The molecule has 1 aromatic carbocycles. The van der Waals surface area contributed by atoms with Gasteiger partial charge in [-0.3, -0.25) is 9.48 Å². The molecule has 7 rings (SSSR count). The molecule has 3 N–H and O–H groups in total. The van der Waals surface area contributed by atoms with Crippen molar-refractivity contribution in [2.45, 2.75) is 32.9 Å². The maximum Gasteiger partial charge on any atom is 0.259 e. The van der Waals surface area contributed by atoms with Gasteiger partial charge in [0.15, 0.2) is 0 Å². The maximum absolute atomic E-state index is 15.2. The summed E-state index contributed by atoms with van der Waals surface area (Å²) in [7, 11) is 1.97. The smallest absolute Gasteiger partial charge is 0.259 e. The van der Waals surface area contributed by atoms with Crippen molar-refractivity contribution in [3.05, 3.63) is 76.1 Å². The number of anilines is 5. The Labute approximate surface area is 234 Å². The van der Waals surface area contributed by atoms with E-state index in [9.17, 15) is 4.79 Å². The van der Waals surface area contributed by atoms with Crippen LogP contribution in [-0.2, 0) is 11.3 Å². The zero-order valence-electron chi connectivity index (χ0n) is 22.8. The first kappa shape index (κ1) is 25.1. The summed E-state index contributed by atoms with van der Waals surface area (Å²) < 4.78 is 22.8. The van der Waals surface area contributed by atoms with Crippen LogP contribution in [0.25, 0.3) is 22.0 Å². The maximum atomic E-state index is 15.2. The van der Waals surface area contributed by atoms with Crippen LogP contribution in [0.1, 0.15) is 29.7 Å². The van der Waals surface area contributed by atoms with Gasteiger partial charge in [0.1, 0.15) is 23.3 Å². The Balaban J connectivity index is 1.34. The van der Waals surface area contributed by atoms with Crippen LogP contribution in [0.4, 0.5) is 33.1 Å². The van der Waals surface area contributed by atoms with Gasteiger partial charge in [-0.1, -0.05) is 0 Å². The Bertz CT molecular complexity index is 1860. The Morgan fingerprint density at radius 1 is 1.05 bits per heavy atom. The molecule has 0 amide bonds. The van der Waals surface area contributed by atoms with Gasteiger partial charge >= 0.3 is 0 Å². The van der Waals surface area contributed by atoms with Crippen LogP contribution in [0.5, 0.6) is 0 Å². The second-order valence-corrected chi connectivity index (χ2v) is 10.5. The van der Waals surface area contributed by atoms with Crippen LogP contribution in [0.15, 0.2) is 47.5 Å². The lowest BCUT2D eigenvalue weighted by Gasteiger charge is -2.31. The molecule has 1 atom stereocenters. The minimum absolute atomic E-state index is 0.170. The van der Waals surface area contributed by atoms with Crippen molar-refractivity contribution in [3.8, 4) is 11.1 Å². The van der Waals surface area contributed by atoms with Crippen molar-refractivity contribution in [3.63, 3.8) is 0 Å². The van der Waals surface area contributed by atoms with Crippen LogP contribution in [-0.4, -0.2) is 50.0 Å². The number of hydrogen-bond donors (Lipinski definition) is 3. The number of pyridine rings is 2. The number of rotatable bonds is 5. The minimum Gasteiger partial charge on any atom is -0.379 e. The predicted molar refractivity (Wildman–Crippen MR) is 155 cm³/mol. The van der Waals surface area contributed by atoms with Crippen molar-refractivity contribution in [2.24, 2.45) is 0 Å². The van der Waals surface area contributed by atoms with Gasteiger partial charge in [-0.2, -0.15) is 5.10 Å². The molecular formula is C29H28FN9O2. The second kappa shape index (κ2) is 9.66. The van der Waals surface area contributed by atoms with E-state index in [1.54, 1.807) is 18.3 Å². The number of fused-ring (bicyclic) bond motifs is 4. The fourth-order valence-corrected chi connectivity index (χ4v) is 5.83. The van der Waals surface area contributed by atoms with Crippen molar-refractivity contribution in [1.82, 2.24) is 29.7 Å². The standard InChI is InChI=1S/C29H28FN9O2/c1-15-8-25(34-16(2)33-15)37-26-11-22(27-21(36-26)4-6-31-29(27)40)35-23-10-17(30)9-19-20-12-32-39(18-5-7-41-14-18)24(20)13-38(3)28(19)23/h4,6,8-12,18H,5,7,13-14H2,1-3H3,(H,31,40)(H2,33,34,35,36,37). The SMILES string of the molecule is Cc1cc(Nc2cc(Nc3cc(F)cc4c3N(C)Cc3c-4cnn3C3CCOC3)c3c(=O)[nH]ccc3n2)nc(C)n1. The quantitative estimate of drug-likeness (QED) is 0.283. The van der Waals surface area contributed by atoms with E-state index in [1.807, 2.05) is 37.8 Å². The summed E-state index contributed by atoms with van der Waals surface area (Å²) >= 11 is 0. The van der Waals surface area contributed by atoms with Gasteiger partial charge in [0.25, 0.3) is 5.56 Å². The number of aromatic amines is 1. The molecule has 1 fully saturated rings. The lowest BCUT2D eigenvalue weighted by Crippen LogP contribution is -2.26. The van der Waals surface area contributed by atoms with Crippen LogP contribution in [0, 0.1) is 19.7 Å². The molecule has 2 aliphatic heterocycles. The molecule has 0 saturated carbocycles. The fraction of sp³-hybridized carbons (Fsp3) is 0.276. The largest absolute Gasteiger partial charge is 0.379 e. The summed E-state index contributed by atoms with van der Waals surface area (Å²) in [6.07, 6.45) is 4.26. The van der Waals surface area contributed by atoms with Gasteiger partial charge in [-0.05, 0) is 38.5 Å². The highest BCUT2D eigenvalue weighted by molar-refractivity contribution is 5.98. The molecule has 41 heavy (non-hydrogen) atoms. The van der Waals surface area contributed by atoms with Crippen molar-refractivity contribution >= 4 is 39.6 Å². The van der Waals surface area contributed by atoms with Crippen LogP contribution >= 0.6 is 0 Å². The van der Waals surface area contributed by atoms with Gasteiger partial charge in [0, 0.05) is 48.8 Å². The molecule has 6 heterocycles. The van der Waals surface area contributed by atoms with Crippen molar-refractivity contribution in [2.75, 3.05) is 35.8 Å². The highest BCUT2D eigenvalue weighted by atomic mass is 19.1. The number of hydrogen-bond acceptors (Lipinski definition) is 9. The Morgan fingerprint density at radius 2 is 1.90 bits per heavy atom. The van der Waals surface area contributed by atoms with Crippen molar-refractivity contribution in [1.29, 1.82) is 0 Å². The van der Waals surface area contributed by atoms with E-state index in [0.717, 1.165) is 34.6 Å². The zero-order valence-corrected chi connectivity index (χ0v) is 22.8. The van der Waals surface area contributed by atoms with E-state index < -0.39 is 5.82 Å². The van der Waals surface area contributed by atoms with Gasteiger partial charge in [-0.15, -0.1) is 0 Å². The van der Waals surface area contributed by atoms with Gasteiger partial charge in [-0.25, -0.2) is 19.3 Å². The summed E-state index contributed by atoms with van der Waals surface area (Å²) in [5.41, 5.74) is 5.46. The Kier molecular flexibility index (Phi) is 5.93. The second-order valence-electron chi connectivity index (χ2n) is 10.5. The fourth-order valence-electron chi connectivity index (χ4n) is 5.83. The third-order valence-electron chi connectivity index (χ3n) is 7.51. The van der Waals surface area contributed by atoms with Gasteiger partial charge < -0.3 is 25.3 Å². The number of aryl methyl sites for hydroxylation is 2. The number of H-pyrrole nitrogens is 1. The molecule has 1 saturated heterocycles. The molecular weight excluding hydrogens is 525 g/mol. The van der Waals surface area contributed by atoms with E-state index in [0.29, 0.717) is 59.5 Å². The number of benzene rings is 1. The van der Waals surface area contributed by atoms with Gasteiger partial charge in [0.05, 0.1) is 59.0 Å². The number of ether oxygens (including phenoxy) is 1. The molecule has 0 bridgehead atoms. The molecule has 4 aromatic heterocycles. The van der Waals surface area contributed by atoms with E-state index in [4.69, 9.17) is 4.74 Å². The van der Waals surface area contributed by atoms with Crippen molar-refractivity contribution < 1.29 is 9.13 Å². The molecule has 11 nitrogen and oxygen atoms in total. The first-order valence-corrected chi connectivity index (χ1v) is 13.4. The monoisotopic (exact) mass is 553 g/mol. The molecule has 208 valence electrons. The Hall–Kier alpha value is -4.84. The molecule has 12 heteroatoms. The average molecular weight is 554 g/mol. The third kappa shape index (κ3) is 4.45. The van der Waals surface area contributed by atoms with Gasteiger partial charge in [0.2, 0.25) is 0 Å². The van der Waals surface area contributed by atoms with Crippen LogP contribution < -0.4 is 21.1 Å². The molecule has 5 aromatic rings. The molecule has 1 unspecified atom stereocenters. The van der Waals surface area contributed by atoms with E-state index in [2.05, 4.69) is 40.6 Å². The zero-order chi connectivity index (χ0) is 28.2. The summed E-state index contributed by atoms with van der Waals surface area (Å²) in [6.45, 7) is 5.63. The van der Waals surface area contributed by atoms with E-state index >= 15 is 4.39 Å². The topological polar surface area (TPSA) is 126 Å². The first-order chi connectivity index (χ1) is 19.8. The van der Waals surface area contributed by atoms with E-state index in [-0.39, 0.29) is 11.6 Å². The lowest BCUT2D eigenvalue weighted by atomic mass is 9.97. The highest BCUT2D eigenvalue weighted by Gasteiger charge is 2.30. The first-order valence-electron chi connectivity index (χ1n) is 13.4. The summed E-state index contributed by atoms with van der Waals surface area (Å²) in [6, 6.07) is 8.43. The van der Waals surface area contributed by atoms with E-state index in [1.165, 1.54) is 12.1 Å². The summed E-state index contributed by atoms with van der Waals surface area (Å²) in [4.78, 5) is 31.2. The minimum atomic E-state index is -0.401. The number of nitrogens with zero attached hydrogens (tertiary/aromatic N) is 6. The Morgan fingerprint density at radius 3 is 2.71 bits per heavy atom. The molecule has 0 radical (unpaired) electrons. The predicted octanol–water partition coefficient (Wildman–Crippen LogP) is 4.73. The highest BCUT2D eigenvalue weighted by Crippen LogP contribution is 2.45.